The SMILES string of the molecule is CC(C)N1c2cccc(F)c2C[C@H]1c1cnc[nH]1. The maximum absolute atomic E-state index is 13.9. The second kappa shape index (κ2) is 4.12. The summed E-state index contributed by atoms with van der Waals surface area (Å²) in [6.45, 7) is 4.26. The van der Waals surface area contributed by atoms with Crippen molar-refractivity contribution in [1.29, 1.82) is 0 Å². The minimum absolute atomic E-state index is 0.111. The number of anilines is 1. The number of hydrogen-bond acceptors (Lipinski definition) is 2. The molecule has 1 N–H and O–H groups in total. The quantitative estimate of drug-likeness (QED) is 0.881. The lowest BCUT2D eigenvalue weighted by molar-refractivity contribution is 0.573. The van der Waals surface area contributed by atoms with E-state index in [9.17, 15) is 4.39 Å². The van der Waals surface area contributed by atoms with Crippen LogP contribution in [-0.2, 0) is 6.42 Å². The molecule has 0 radical (unpaired) electrons. The van der Waals surface area contributed by atoms with Crippen molar-refractivity contribution in [3.8, 4) is 0 Å². The summed E-state index contributed by atoms with van der Waals surface area (Å²) in [5.41, 5.74) is 2.86. The number of nitrogens with one attached hydrogen (secondary N) is 1. The zero-order valence-electron chi connectivity index (χ0n) is 10.5. The first-order valence-corrected chi connectivity index (χ1v) is 6.22. The summed E-state index contributed by atoms with van der Waals surface area (Å²) in [6.07, 6.45) is 4.19. The Morgan fingerprint density at radius 2 is 2.28 bits per heavy atom. The third kappa shape index (κ3) is 1.60. The molecule has 0 unspecified atom stereocenters. The second-order valence-electron chi connectivity index (χ2n) is 4.97. The van der Waals surface area contributed by atoms with E-state index in [0.29, 0.717) is 12.5 Å². The van der Waals surface area contributed by atoms with Crippen LogP contribution in [0.1, 0.15) is 31.1 Å². The van der Waals surface area contributed by atoms with Gasteiger partial charge in [-0.15, -0.1) is 0 Å². The van der Waals surface area contributed by atoms with E-state index in [4.69, 9.17) is 0 Å². The summed E-state index contributed by atoms with van der Waals surface area (Å²) in [7, 11) is 0. The molecule has 0 aliphatic carbocycles. The van der Waals surface area contributed by atoms with Crippen molar-refractivity contribution < 1.29 is 4.39 Å². The number of aromatic nitrogens is 2. The summed E-state index contributed by atoms with van der Waals surface area (Å²) in [5.74, 6) is -0.111. The predicted molar refractivity (Wildman–Crippen MR) is 69.0 cm³/mol. The van der Waals surface area contributed by atoms with Gasteiger partial charge < -0.3 is 9.88 Å². The summed E-state index contributed by atoms with van der Waals surface area (Å²) >= 11 is 0. The van der Waals surface area contributed by atoms with Gasteiger partial charge in [-0.2, -0.15) is 0 Å². The van der Waals surface area contributed by atoms with Gasteiger partial charge in [-0.3, -0.25) is 0 Å². The van der Waals surface area contributed by atoms with Crippen LogP contribution in [0.5, 0.6) is 0 Å². The molecule has 2 heterocycles. The minimum atomic E-state index is -0.111. The molecule has 0 saturated carbocycles. The normalized spacial score (nSPS) is 18.4. The monoisotopic (exact) mass is 245 g/mol. The van der Waals surface area contributed by atoms with Gasteiger partial charge in [0, 0.05) is 23.7 Å². The van der Waals surface area contributed by atoms with E-state index in [-0.39, 0.29) is 11.9 Å². The Morgan fingerprint density at radius 1 is 1.44 bits per heavy atom. The van der Waals surface area contributed by atoms with Crippen LogP contribution in [-0.4, -0.2) is 16.0 Å². The third-order valence-corrected chi connectivity index (χ3v) is 3.54. The lowest BCUT2D eigenvalue weighted by atomic mass is 10.1. The van der Waals surface area contributed by atoms with Crippen molar-refractivity contribution in [2.24, 2.45) is 0 Å². The molecule has 3 nitrogen and oxygen atoms in total. The van der Waals surface area contributed by atoms with Gasteiger partial charge in [0.1, 0.15) is 5.82 Å². The molecule has 1 aliphatic rings. The molecule has 0 bridgehead atoms. The second-order valence-corrected chi connectivity index (χ2v) is 4.97. The van der Waals surface area contributed by atoms with Gasteiger partial charge >= 0.3 is 0 Å². The molecule has 1 aliphatic heterocycles. The van der Waals surface area contributed by atoms with Crippen LogP contribution in [0.15, 0.2) is 30.7 Å². The average Bonchev–Trinajstić information content (AvgIpc) is 2.95. The maximum atomic E-state index is 13.9. The number of aromatic amines is 1. The van der Waals surface area contributed by atoms with Crippen molar-refractivity contribution in [3.63, 3.8) is 0 Å². The zero-order chi connectivity index (χ0) is 12.7. The van der Waals surface area contributed by atoms with Crippen LogP contribution in [0.2, 0.25) is 0 Å². The Balaban J connectivity index is 2.08. The van der Waals surface area contributed by atoms with Crippen molar-refractivity contribution in [2.75, 3.05) is 4.90 Å². The Hall–Kier alpha value is -1.84. The van der Waals surface area contributed by atoms with Crippen LogP contribution < -0.4 is 4.90 Å². The van der Waals surface area contributed by atoms with Crippen molar-refractivity contribution in [1.82, 2.24) is 9.97 Å². The fourth-order valence-corrected chi connectivity index (χ4v) is 2.80. The van der Waals surface area contributed by atoms with Gasteiger partial charge in [0.05, 0.1) is 24.3 Å². The van der Waals surface area contributed by atoms with Crippen molar-refractivity contribution in [2.45, 2.75) is 32.4 Å². The van der Waals surface area contributed by atoms with Gasteiger partial charge in [-0.05, 0) is 26.0 Å². The number of nitrogens with zero attached hydrogens (tertiary/aromatic N) is 2. The minimum Gasteiger partial charge on any atom is -0.360 e. The highest BCUT2D eigenvalue weighted by atomic mass is 19.1. The average molecular weight is 245 g/mol. The first-order valence-electron chi connectivity index (χ1n) is 6.22. The van der Waals surface area contributed by atoms with Crippen LogP contribution in [0.25, 0.3) is 0 Å². The molecule has 1 atom stereocenters. The fourth-order valence-electron chi connectivity index (χ4n) is 2.80. The number of fused-ring (bicyclic) bond motifs is 1. The van der Waals surface area contributed by atoms with E-state index in [1.165, 1.54) is 6.07 Å². The van der Waals surface area contributed by atoms with Crippen LogP contribution in [0.4, 0.5) is 10.1 Å². The predicted octanol–water partition coefficient (Wildman–Crippen LogP) is 3.06. The topological polar surface area (TPSA) is 31.9 Å². The fraction of sp³-hybridized carbons (Fsp3) is 0.357. The van der Waals surface area contributed by atoms with E-state index >= 15 is 0 Å². The first kappa shape index (κ1) is 11.3. The lowest BCUT2D eigenvalue weighted by Gasteiger charge is -2.30. The Kier molecular flexibility index (Phi) is 2.58. The van der Waals surface area contributed by atoms with E-state index in [1.54, 1.807) is 12.4 Å². The van der Waals surface area contributed by atoms with Gasteiger partial charge in [0.15, 0.2) is 0 Å². The molecule has 94 valence electrons. The molecule has 0 amide bonds. The molecular formula is C14H16FN3. The summed E-state index contributed by atoms with van der Waals surface area (Å²) in [5, 5.41) is 0. The van der Waals surface area contributed by atoms with E-state index in [1.807, 2.05) is 12.3 Å². The first-order chi connectivity index (χ1) is 8.68. The Bertz CT molecular complexity index is 548. The molecule has 1 aromatic carbocycles. The van der Waals surface area contributed by atoms with Crippen molar-refractivity contribution >= 4 is 5.69 Å². The van der Waals surface area contributed by atoms with Gasteiger partial charge in [-0.25, -0.2) is 9.37 Å². The number of benzene rings is 1. The molecule has 3 rings (SSSR count). The van der Waals surface area contributed by atoms with Crippen LogP contribution in [0, 0.1) is 5.82 Å². The molecular weight excluding hydrogens is 229 g/mol. The van der Waals surface area contributed by atoms with Gasteiger partial charge in [-0.1, -0.05) is 6.07 Å². The van der Waals surface area contributed by atoms with Crippen molar-refractivity contribution in [3.05, 3.63) is 47.8 Å². The number of imidazole rings is 1. The van der Waals surface area contributed by atoms with E-state index in [0.717, 1.165) is 16.9 Å². The summed E-state index contributed by atoms with van der Waals surface area (Å²) in [4.78, 5) is 9.47. The summed E-state index contributed by atoms with van der Waals surface area (Å²) < 4.78 is 13.9. The molecule has 18 heavy (non-hydrogen) atoms. The zero-order valence-corrected chi connectivity index (χ0v) is 10.5. The highest BCUT2D eigenvalue weighted by Crippen LogP contribution is 2.41. The molecule has 0 fully saturated rings. The number of hydrogen-bond donors (Lipinski definition) is 1. The Morgan fingerprint density at radius 3 is 2.94 bits per heavy atom. The number of halogens is 1. The Labute approximate surface area is 106 Å². The lowest BCUT2D eigenvalue weighted by Crippen LogP contribution is -2.32. The molecule has 0 spiro atoms. The molecule has 0 saturated heterocycles. The van der Waals surface area contributed by atoms with Gasteiger partial charge in [0.25, 0.3) is 0 Å². The van der Waals surface area contributed by atoms with Gasteiger partial charge in [0.2, 0.25) is 0 Å². The van der Waals surface area contributed by atoms with E-state index in [2.05, 4.69) is 28.7 Å². The van der Waals surface area contributed by atoms with E-state index < -0.39 is 0 Å². The molecule has 2 aromatic rings. The highest BCUT2D eigenvalue weighted by molar-refractivity contribution is 5.61. The maximum Gasteiger partial charge on any atom is 0.128 e. The standard InChI is InChI=1S/C14H16FN3/c1-9(2)18-13-5-3-4-11(15)10(13)6-14(18)12-7-16-8-17-12/h3-5,7-9,14H,6H2,1-2H3,(H,16,17)/t14-/m0/s1. The third-order valence-electron chi connectivity index (χ3n) is 3.54. The number of rotatable bonds is 2. The largest absolute Gasteiger partial charge is 0.360 e. The number of H-pyrrole nitrogens is 1. The molecule has 4 heteroatoms. The molecule has 1 aromatic heterocycles. The smallest absolute Gasteiger partial charge is 0.128 e. The highest BCUT2D eigenvalue weighted by Gasteiger charge is 2.34. The van der Waals surface area contributed by atoms with Crippen LogP contribution in [0.3, 0.4) is 0 Å². The summed E-state index contributed by atoms with van der Waals surface area (Å²) in [6, 6.07) is 5.78. The van der Waals surface area contributed by atoms with Crippen LogP contribution >= 0.6 is 0 Å².